The Morgan fingerprint density at radius 3 is 2.82 bits per heavy atom. The van der Waals surface area contributed by atoms with Crippen LogP contribution in [0.3, 0.4) is 0 Å². The number of rotatable bonds is 3. The van der Waals surface area contributed by atoms with Crippen LogP contribution < -0.4 is 5.32 Å². The second-order valence-corrected chi connectivity index (χ2v) is 4.90. The zero-order valence-corrected chi connectivity index (χ0v) is 10.1. The van der Waals surface area contributed by atoms with E-state index in [1.807, 2.05) is 0 Å². The van der Waals surface area contributed by atoms with Crippen molar-refractivity contribution in [2.24, 2.45) is 5.92 Å². The SMILES string of the molecule is O=C(NC1CCCCC1C(=O)O)c1cscn1. The molecule has 0 aliphatic heterocycles. The number of nitrogens with one attached hydrogen (secondary N) is 1. The maximum atomic E-state index is 11.8. The standard InChI is InChI=1S/C11H14N2O3S/c14-10(9-5-17-6-12-9)13-8-4-2-1-3-7(8)11(15)16/h5-8H,1-4H2,(H,13,14)(H,15,16). The van der Waals surface area contributed by atoms with Crippen LogP contribution in [0.5, 0.6) is 0 Å². The van der Waals surface area contributed by atoms with Crippen molar-refractivity contribution in [1.82, 2.24) is 10.3 Å². The highest BCUT2D eigenvalue weighted by Crippen LogP contribution is 2.24. The van der Waals surface area contributed by atoms with Gasteiger partial charge in [-0.25, -0.2) is 4.98 Å². The third-order valence-corrected chi connectivity index (χ3v) is 3.65. The lowest BCUT2D eigenvalue weighted by Gasteiger charge is -2.28. The van der Waals surface area contributed by atoms with Crippen molar-refractivity contribution in [3.8, 4) is 0 Å². The van der Waals surface area contributed by atoms with E-state index in [1.165, 1.54) is 11.3 Å². The topological polar surface area (TPSA) is 79.3 Å². The maximum Gasteiger partial charge on any atom is 0.308 e. The number of carbonyl (C=O) groups is 2. The molecule has 0 radical (unpaired) electrons. The molecule has 2 unspecified atom stereocenters. The molecule has 1 aliphatic carbocycles. The molecule has 5 nitrogen and oxygen atoms in total. The zero-order chi connectivity index (χ0) is 12.3. The molecule has 92 valence electrons. The minimum Gasteiger partial charge on any atom is -0.481 e. The van der Waals surface area contributed by atoms with Gasteiger partial charge >= 0.3 is 5.97 Å². The molecule has 1 saturated carbocycles. The summed E-state index contributed by atoms with van der Waals surface area (Å²) in [4.78, 5) is 26.8. The molecular weight excluding hydrogens is 240 g/mol. The predicted octanol–water partition coefficient (Wildman–Crippen LogP) is 1.52. The molecule has 1 aromatic heterocycles. The van der Waals surface area contributed by atoms with Gasteiger partial charge in [-0.1, -0.05) is 12.8 Å². The van der Waals surface area contributed by atoms with Gasteiger partial charge in [0.1, 0.15) is 5.69 Å². The molecule has 2 rings (SSSR count). The lowest BCUT2D eigenvalue weighted by Crippen LogP contribution is -2.45. The molecule has 0 aromatic carbocycles. The average Bonchev–Trinajstić information content (AvgIpc) is 2.83. The second kappa shape index (κ2) is 5.27. The van der Waals surface area contributed by atoms with Gasteiger partial charge in [-0.3, -0.25) is 9.59 Å². The summed E-state index contributed by atoms with van der Waals surface area (Å²) < 4.78 is 0. The van der Waals surface area contributed by atoms with E-state index in [2.05, 4.69) is 10.3 Å². The van der Waals surface area contributed by atoms with Crippen LogP contribution in [-0.2, 0) is 4.79 Å². The van der Waals surface area contributed by atoms with Crippen LogP contribution in [0, 0.1) is 5.92 Å². The lowest BCUT2D eigenvalue weighted by molar-refractivity contribution is -0.143. The predicted molar refractivity (Wildman–Crippen MR) is 63.0 cm³/mol. The van der Waals surface area contributed by atoms with Gasteiger partial charge in [0.15, 0.2) is 0 Å². The van der Waals surface area contributed by atoms with E-state index in [9.17, 15) is 9.59 Å². The summed E-state index contributed by atoms with van der Waals surface area (Å²) in [7, 11) is 0. The number of aromatic nitrogens is 1. The summed E-state index contributed by atoms with van der Waals surface area (Å²) in [6.45, 7) is 0. The van der Waals surface area contributed by atoms with Gasteiger partial charge in [0.2, 0.25) is 0 Å². The van der Waals surface area contributed by atoms with Crippen molar-refractivity contribution in [2.75, 3.05) is 0 Å². The van der Waals surface area contributed by atoms with E-state index in [1.54, 1.807) is 10.9 Å². The number of hydrogen-bond acceptors (Lipinski definition) is 4. The van der Waals surface area contributed by atoms with Gasteiger partial charge in [0.05, 0.1) is 11.4 Å². The number of thiazole rings is 1. The summed E-state index contributed by atoms with van der Waals surface area (Å²) in [5.41, 5.74) is 1.95. The summed E-state index contributed by atoms with van der Waals surface area (Å²) in [6, 6.07) is -0.268. The Labute approximate surface area is 103 Å². The number of carboxylic acids is 1. The molecule has 1 fully saturated rings. The fourth-order valence-electron chi connectivity index (χ4n) is 2.17. The Balaban J connectivity index is 2.01. The van der Waals surface area contributed by atoms with Crippen molar-refractivity contribution in [3.05, 3.63) is 16.6 Å². The Kier molecular flexibility index (Phi) is 3.73. The highest BCUT2D eigenvalue weighted by Gasteiger charge is 2.32. The summed E-state index contributed by atoms with van der Waals surface area (Å²) in [5, 5.41) is 13.5. The van der Waals surface area contributed by atoms with Crippen molar-refractivity contribution >= 4 is 23.2 Å². The van der Waals surface area contributed by atoms with Crippen LogP contribution in [0.1, 0.15) is 36.2 Å². The van der Waals surface area contributed by atoms with Gasteiger partial charge in [-0.05, 0) is 12.8 Å². The number of amides is 1. The van der Waals surface area contributed by atoms with E-state index >= 15 is 0 Å². The number of hydrogen-bond donors (Lipinski definition) is 2. The van der Waals surface area contributed by atoms with Crippen LogP contribution in [0.2, 0.25) is 0 Å². The molecule has 0 saturated heterocycles. The molecule has 2 atom stereocenters. The van der Waals surface area contributed by atoms with Crippen LogP contribution in [0.15, 0.2) is 10.9 Å². The Morgan fingerprint density at radius 1 is 1.41 bits per heavy atom. The first-order valence-electron chi connectivity index (χ1n) is 5.60. The molecule has 1 aliphatic rings. The normalized spacial score (nSPS) is 24.2. The number of aliphatic carboxylic acids is 1. The van der Waals surface area contributed by atoms with Crippen molar-refractivity contribution in [3.63, 3.8) is 0 Å². The van der Waals surface area contributed by atoms with Crippen molar-refractivity contribution < 1.29 is 14.7 Å². The number of carboxylic acid groups (broad SMARTS) is 1. The largest absolute Gasteiger partial charge is 0.481 e. The minimum atomic E-state index is -0.826. The fraction of sp³-hybridized carbons (Fsp3) is 0.545. The molecule has 6 heteroatoms. The summed E-state index contributed by atoms with van der Waals surface area (Å²) >= 11 is 1.35. The van der Waals surface area contributed by atoms with Gasteiger partial charge in [0.25, 0.3) is 5.91 Å². The Morgan fingerprint density at radius 2 is 2.18 bits per heavy atom. The maximum absolute atomic E-state index is 11.8. The zero-order valence-electron chi connectivity index (χ0n) is 9.26. The molecule has 0 bridgehead atoms. The van der Waals surface area contributed by atoms with Gasteiger partial charge in [0, 0.05) is 11.4 Å². The smallest absolute Gasteiger partial charge is 0.308 e. The molecular formula is C11H14N2O3S. The summed E-state index contributed by atoms with van der Waals surface area (Å²) in [6.07, 6.45) is 3.25. The third kappa shape index (κ3) is 2.82. The van der Waals surface area contributed by atoms with Crippen LogP contribution in [0.25, 0.3) is 0 Å². The van der Waals surface area contributed by atoms with E-state index in [-0.39, 0.29) is 11.9 Å². The van der Waals surface area contributed by atoms with Gasteiger partial charge in [-0.15, -0.1) is 11.3 Å². The molecule has 1 amide bonds. The highest BCUT2D eigenvalue weighted by molar-refractivity contribution is 7.07. The van der Waals surface area contributed by atoms with E-state index in [0.29, 0.717) is 12.1 Å². The highest BCUT2D eigenvalue weighted by atomic mass is 32.1. The van der Waals surface area contributed by atoms with Gasteiger partial charge < -0.3 is 10.4 Å². The molecule has 2 N–H and O–H groups in total. The first-order chi connectivity index (χ1) is 8.18. The first kappa shape index (κ1) is 12.0. The van der Waals surface area contributed by atoms with Crippen molar-refractivity contribution in [1.29, 1.82) is 0 Å². The minimum absolute atomic E-state index is 0.268. The van der Waals surface area contributed by atoms with Gasteiger partial charge in [-0.2, -0.15) is 0 Å². The molecule has 0 spiro atoms. The summed E-state index contributed by atoms with van der Waals surface area (Å²) in [5.74, 6) is -1.57. The molecule has 1 heterocycles. The van der Waals surface area contributed by atoms with Crippen LogP contribution in [0.4, 0.5) is 0 Å². The molecule has 17 heavy (non-hydrogen) atoms. The second-order valence-electron chi connectivity index (χ2n) is 4.18. The van der Waals surface area contributed by atoms with E-state index in [4.69, 9.17) is 5.11 Å². The Hall–Kier alpha value is -1.43. The third-order valence-electron chi connectivity index (χ3n) is 3.06. The number of carbonyl (C=O) groups excluding carboxylic acids is 1. The van der Waals surface area contributed by atoms with Crippen LogP contribution in [-0.4, -0.2) is 28.0 Å². The van der Waals surface area contributed by atoms with Crippen molar-refractivity contribution in [2.45, 2.75) is 31.7 Å². The van der Waals surface area contributed by atoms with Crippen LogP contribution >= 0.6 is 11.3 Å². The van der Waals surface area contributed by atoms with E-state index < -0.39 is 11.9 Å². The Bertz CT molecular complexity index is 405. The monoisotopic (exact) mass is 254 g/mol. The first-order valence-corrected chi connectivity index (χ1v) is 6.54. The lowest BCUT2D eigenvalue weighted by atomic mass is 9.84. The quantitative estimate of drug-likeness (QED) is 0.857. The number of nitrogens with zero attached hydrogens (tertiary/aromatic N) is 1. The average molecular weight is 254 g/mol. The fourth-order valence-corrected chi connectivity index (χ4v) is 2.70. The van der Waals surface area contributed by atoms with E-state index in [0.717, 1.165) is 19.3 Å². The molecule has 1 aromatic rings.